The van der Waals surface area contributed by atoms with Gasteiger partial charge in [-0.1, -0.05) is 12.1 Å². The van der Waals surface area contributed by atoms with Gasteiger partial charge in [0.05, 0.1) is 11.9 Å². The van der Waals surface area contributed by atoms with Crippen molar-refractivity contribution in [3.63, 3.8) is 0 Å². The number of aryl methyl sites for hydroxylation is 1. The molecule has 1 N–H and O–H groups in total. The average Bonchev–Trinajstić information content (AvgIpc) is 2.52. The quantitative estimate of drug-likeness (QED) is 0.709. The molecule has 1 aromatic rings. The Morgan fingerprint density at radius 3 is 3.00 bits per heavy atom. The summed E-state index contributed by atoms with van der Waals surface area (Å²) in [5, 5.41) is 11.0. The molecule has 1 atom stereocenters. The van der Waals surface area contributed by atoms with Gasteiger partial charge in [-0.15, -0.1) is 5.10 Å². The lowest BCUT2D eigenvalue weighted by molar-refractivity contribution is 0.158. The molecule has 1 rings (SSSR count). The predicted octanol–water partition coefficient (Wildman–Crippen LogP) is 0.187. The Hall–Kier alpha value is -0.940. The highest BCUT2D eigenvalue weighted by atomic mass is 16.5. The molecule has 1 heterocycles. The van der Waals surface area contributed by atoms with Crippen LogP contribution in [0.5, 0.6) is 0 Å². The number of methoxy groups -OCH3 is 1. The summed E-state index contributed by atoms with van der Waals surface area (Å²) in [4.78, 5) is 0. The molecule has 0 saturated heterocycles. The molecule has 0 amide bonds. The summed E-state index contributed by atoms with van der Waals surface area (Å²) in [6.45, 7) is 4.69. The van der Waals surface area contributed by atoms with E-state index in [0.717, 1.165) is 25.4 Å². The highest BCUT2D eigenvalue weighted by Crippen LogP contribution is 1.95. The van der Waals surface area contributed by atoms with Crippen molar-refractivity contribution in [2.24, 2.45) is 13.0 Å². The molecule has 0 aliphatic rings. The molecule has 0 aromatic carbocycles. The Kier molecular flexibility index (Phi) is 4.55. The molecule has 0 spiro atoms. The first kappa shape index (κ1) is 11.1. The number of rotatable bonds is 6. The molecule has 14 heavy (non-hydrogen) atoms. The lowest BCUT2D eigenvalue weighted by atomic mass is 10.2. The van der Waals surface area contributed by atoms with E-state index >= 15 is 0 Å². The van der Waals surface area contributed by atoms with Gasteiger partial charge in [0.1, 0.15) is 0 Å². The predicted molar refractivity (Wildman–Crippen MR) is 53.7 cm³/mol. The molecule has 0 bridgehead atoms. The van der Waals surface area contributed by atoms with Crippen molar-refractivity contribution >= 4 is 0 Å². The number of aromatic nitrogens is 3. The van der Waals surface area contributed by atoms with E-state index in [0.29, 0.717) is 5.92 Å². The summed E-state index contributed by atoms with van der Waals surface area (Å²) in [7, 11) is 3.62. The Balaban J connectivity index is 2.19. The molecule has 0 radical (unpaired) electrons. The summed E-state index contributed by atoms with van der Waals surface area (Å²) < 4.78 is 6.82. The number of nitrogens with zero attached hydrogens (tertiary/aromatic N) is 3. The van der Waals surface area contributed by atoms with Crippen LogP contribution in [0.15, 0.2) is 6.20 Å². The minimum Gasteiger partial charge on any atom is -0.384 e. The maximum absolute atomic E-state index is 5.05. The van der Waals surface area contributed by atoms with Crippen molar-refractivity contribution < 1.29 is 4.74 Å². The van der Waals surface area contributed by atoms with Gasteiger partial charge in [-0.3, -0.25) is 4.68 Å². The maximum Gasteiger partial charge on any atom is 0.0738 e. The molecular formula is C9H18N4O. The number of ether oxygens (including phenoxy) is 1. The first-order chi connectivity index (χ1) is 6.74. The van der Waals surface area contributed by atoms with Crippen LogP contribution in [-0.2, 0) is 18.3 Å². The lowest BCUT2D eigenvalue weighted by Gasteiger charge is -2.10. The molecule has 5 heteroatoms. The van der Waals surface area contributed by atoms with Crippen LogP contribution in [0.2, 0.25) is 0 Å². The summed E-state index contributed by atoms with van der Waals surface area (Å²) in [5.74, 6) is 0.529. The van der Waals surface area contributed by atoms with Crippen molar-refractivity contribution in [3.05, 3.63) is 11.9 Å². The van der Waals surface area contributed by atoms with E-state index in [2.05, 4.69) is 22.6 Å². The van der Waals surface area contributed by atoms with Crippen molar-refractivity contribution in [3.8, 4) is 0 Å². The van der Waals surface area contributed by atoms with Gasteiger partial charge in [0, 0.05) is 33.9 Å². The van der Waals surface area contributed by atoms with Crippen LogP contribution in [0.3, 0.4) is 0 Å². The zero-order valence-electron chi connectivity index (χ0n) is 9.03. The van der Waals surface area contributed by atoms with E-state index in [1.54, 1.807) is 18.0 Å². The SMILES string of the molecule is COCC(C)CNCc1cnnn1C. The van der Waals surface area contributed by atoms with E-state index in [-0.39, 0.29) is 0 Å². The third-order valence-corrected chi connectivity index (χ3v) is 2.06. The maximum atomic E-state index is 5.05. The normalized spacial score (nSPS) is 13.1. The summed E-state index contributed by atoms with van der Waals surface area (Å²) >= 11 is 0. The van der Waals surface area contributed by atoms with Gasteiger partial charge < -0.3 is 10.1 Å². The van der Waals surface area contributed by atoms with Gasteiger partial charge in [-0.25, -0.2) is 0 Å². The second-order valence-electron chi connectivity index (χ2n) is 3.54. The summed E-state index contributed by atoms with van der Waals surface area (Å²) in [6, 6.07) is 0. The van der Waals surface area contributed by atoms with Crippen LogP contribution >= 0.6 is 0 Å². The molecule has 0 fully saturated rings. The van der Waals surface area contributed by atoms with Crippen molar-refractivity contribution in [2.45, 2.75) is 13.5 Å². The largest absolute Gasteiger partial charge is 0.384 e. The molecule has 1 aromatic heterocycles. The van der Waals surface area contributed by atoms with Crippen LogP contribution in [0.4, 0.5) is 0 Å². The van der Waals surface area contributed by atoms with Crippen LogP contribution in [-0.4, -0.2) is 35.3 Å². The lowest BCUT2D eigenvalue weighted by Crippen LogP contribution is -2.24. The topological polar surface area (TPSA) is 52.0 Å². The Bertz CT molecular complexity index is 261. The summed E-state index contributed by atoms with van der Waals surface area (Å²) in [5.41, 5.74) is 1.09. The molecule has 0 saturated carbocycles. The second-order valence-corrected chi connectivity index (χ2v) is 3.54. The molecule has 1 unspecified atom stereocenters. The smallest absolute Gasteiger partial charge is 0.0738 e. The molecular weight excluding hydrogens is 180 g/mol. The fourth-order valence-corrected chi connectivity index (χ4v) is 1.26. The van der Waals surface area contributed by atoms with Crippen molar-refractivity contribution in [1.29, 1.82) is 0 Å². The van der Waals surface area contributed by atoms with E-state index in [9.17, 15) is 0 Å². The highest BCUT2D eigenvalue weighted by Gasteiger charge is 2.02. The summed E-state index contributed by atoms with van der Waals surface area (Å²) in [6.07, 6.45) is 1.77. The fraction of sp³-hybridized carbons (Fsp3) is 0.778. The van der Waals surface area contributed by atoms with Gasteiger partial charge in [0.25, 0.3) is 0 Å². The zero-order valence-corrected chi connectivity index (χ0v) is 9.03. The Morgan fingerprint density at radius 2 is 2.43 bits per heavy atom. The van der Waals surface area contributed by atoms with Gasteiger partial charge in [0.15, 0.2) is 0 Å². The van der Waals surface area contributed by atoms with E-state index in [1.165, 1.54) is 0 Å². The number of hydrogen-bond donors (Lipinski definition) is 1. The minimum absolute atomic E-state index is 0.529. The average molecular weight is 198 g/mol. The van der Waals surface area contributed by atoms with E-state index in [1.807, 2.05) is 7.05 Å². The van der Waals surface area contributed by atoms with Crippen LogP contribution < -0.4 is 5.32 Å². The van der Waals surface area contributed by atoms with Crippen LogP contribution in [0.25, 0.3) is 0 Å². The van der Waals surface area contributed by atoms with E-state index in [4.69, 9.17) is 4.74 Å². The highest BCUT2D eigenvalue weighted by molar-refractivity contribution is 4.92. The van der Waals surface area contributed by atoms with Crippen LogP contribution in [0.1, 0.15) is 12.6 Å². The van der Waals surface area contributed by atoms with Crippen molar-refractivity contribution in [2.75, 3.05) is 20.3 Å². The molecule has 5 nitrogen and oxygen atoms in total. The van der Waals surface area contributed by atoms with Crippen LogP contribution in [0, 0.1) is 5.92 Å². The Morgan fingerprint density at radius 1 is 1.64 bits per heavy atom. The molecule has 0 aliphatic carbocycles. The zero-order chi connectivity index (χ0) is 10.4. The number of nitrogens with one attached hydrogen (secondary N) is 1. The second kappa shape index (κ2) is 5.72. The fourth-order valence-electron chi connectivity index (χ4n) is 1.26. The van der Waals surface area contributed by atoms with Gasteiger partial charge in [0.2, 0.25) is 0 Å². The van der Waals surface area contributed by atoms with Crippen molar-refractivity contribution in [1.82, 2.24) is 20.3 Å². The third-order valence-electron chi connectivity index (χ3n) is 2.06. The first-order valence-corrected chi connectivity index (χ1v) is 4.77. The standard InChI is InChI=1S/C9H18N4O/c1-8(7-14-3)4-10-5-9-6-11-12-13(9)2/h6,8,10H,4-5,7H2,1-3H3. The van der Waals surface area contributed by atoms with Gasteiger partial charge in [-0.2, -0.15) is 0 Å². The molecule has 0 aliphatic heterocycles. The Labute approximate surface area is 84.4 Å². The monoisotopic (exact) mass is 198 g/mol. The van der Waals surface area contributed by atoms with E-state index < -0.39 is 0 Å². The number of hydrogen-bond acceptors (Lipinski definition) is 4. The minimum atomic E-state index is 0.529. The van der Waals surface area contributed by atoms with Gasteiger partial charge >= 0.3 is 0 Å². The first-order valence-electron chi connectivity index (χ1n) is 4.77. The molecule has 80 valence electrons. The van der Waals surface area contributed by atoms with Gasteiger partial charge in [-0.05, 0) is 5.92 Å². The third kappa shape index (κ3) is 3.43.